The quantitative estimate of drug-likeness (QED) is 0.834. The second-order valence-electron chi connectivity index (χ2n) is 6.72. The first kappa shape index (κ1) is 16.4. The van der Waals surface area contributed by atoms with Gasteiger partial charge in [0.1, 0.15) is 0 Å². The van der Waals surface area contributed by atoms with Crippen LogP contribution in [0.2, 0.25) is 5.02 Å². The van der Waals surface area contributed by atoms with Crippen LogP contribution >= 0.6 is 11.6 Å². The smallest absolute Gasteiger partial charge is 0.0680 e. The van der Waals surface area contributed by atoms with Crippen molar-refractivity contribution in [3.8, 4) is 0 Å². The maximum absolute atomic E-state index is 5.95. The number of nitrogens with one attached hydrogen (secondary N) is 1. The summed E-state index contributed by atoms with van der Waals surface area (Å²) in [6.45, 7) is 6.77. The highest BCUT2D eigenvalue weighted by Crippen LogP contribution is 2.38. The van der Waals surface area contributed by atoms with Crippen LogP contribution in [0.15, 0.2) is 54.6 Å². The van der Waals surface area contributed by atoms with Gasteiger partial charge in [0.2, 0.25) is 0 Å². The SMILES string of the molecule is CC1N(CNc2ccc(Cl)cc2)CCCC1(C)c1ccccc1. The first-order valence-corrected chi connectivity index (χ1v) is 8.76. The summed E-state index contributed by atoms with van der Waals surface area (Å²) < 4.78 is 0. The molecule has 1 heterocycles. The van der Waals surface area contributed by atoms with E-state index < -0.39 is 0 Å². The highest BCUT2D eigenvalue weighted by molar-refractivity contribution is 6.30. The molecule has 3 rings (SSSR count). The fourth-order valence-corrected chi connectivity index (χ4v) is 3.76. The van der Waals surface area contributed by atoms with Crippen LogP contribution in [-0.2, 0) is 5.41 Å². The monoisotopic (exact) mass is 328 g/mol. The molecular weight excluding hydrogens is 304 g/mol. The molecule has 3 heteroatoms. The topological polar surface area (TPSA) is 15.3 Å². The van der Waals surface area contributed by atoms with Gasteiger partial charge in [-0.15, -0.1) is 0 Å². The maximum atomic E-state index is 5.95. The normalized spacial score (nSPS) is 25.3. The summed E-state index contributed by atoms with van der Waals surface area (Å²) in [5.74, 6) is 0. The minimum absolute atomic E-state index is 0.210. The zero-order chi connectivity index (χ0) is 16.3. The van der Waals surface area contributed by atoms with Crippen LogP contribution in [0.5, 0.6) is 0 Å². The molecule has 2 aromatic rings. The highest BCUT2D eigenvalue weighted by atomic mass is 35.5. The van der Waals surface area contributed by atoms with E-state index in [9.17, 15) is 0 Å². The minimum atomic E-state index is 0.210. The summed E-state index contributed by atoms with van der Waals surface area (Å²) in [6.07, 6.45) is 2.48. The number of halogens is 1. The molecule has 2 nitrogen and oxygen atoms in total. The number of rotatable bonds is 4. The van der Waals surface area contributed by atoms with E-state index in [-0.39, 0.29) is 5.41 Å². The van der Waals surface area contributed by atoms with Gasteiger partial charge in [-0.1, -0.05) is 48.9 Å². The van der Waals surface area contributed by atoms with Gasteiger partial charge in [0.05, 0.1) is 6.67 Å². The highest BCUT2D eigenvalue weighted by Gasteiger charge is 2.39. The zero-order valence-electron chi connectivity index (χ0n) is 13.9. The molecule has 0 saturated carbocycles. The molecule has 1 aliphatic rings. The van der Waals surface area contributed by atoms with Crippen molar-refractivity contribution < 1.29 is 0 Å². The maximum Gasteiger partial charge on any atom is 0.0680 e. The van der Waals surface area contributed by atoms with Crippen LogP contribution in [0.25, 0.3) is 0 Å². The number of nitrogens with zero attached hydrogens (tertiary/aromatic N) is 1. The van der Waals surface area contributed by atoms with Crippen molar-refractivity contribution in [1.82, 2.24) is 4.90 Å². The Kier molecular flexibility index (Phi) is 4.93. The molecule has 0 aromatic heterocycles. The van der Waals surface area contributed by atoms with E-state index in [1.807, 2.05) is 24.3 Å². The van der Waals surface area contributed by atoms with E-state index in [1.165, 1.54) is 18.4 Å². The Labute approximate surface area is 144 Å². The van der Waals surface area contributed by atoms with E-state index in [1.54, 1.807) is 0 Å². The van der Waals surface area contributed by atoms with Crippen molar-refractivity contribution in [3.63, 3.8) is 0 Å². The molecule has 0 bridgehead atoms. The predicted octanol–water partition coefficient (Wildman–Crippen LogP) is 5.15. The fourth-order valence-electron chi connectivity index (χ4n) is 3.64. The van der Waals surface area contributed by atoms with Crippen LogP contribution in [0.3, 0.4) is 0 Å². The lowest BCUT2D eigenvalue weighted by atomic mass is 9.70. The number of anilines is 1. The molecule has 1 aliphatic heterocycles. The van der Waals surface area contributed by atoms with Crippen LogP contribution in [0, 0.1) is 0 Å². The second-order valence-corrected chi connectivity index (χ2v) is 7.15. The molecule has 1 saturated heterocycles. The Morgan fingerprint density at radius 2 is 1.83 bits per heavy atom. The van der Waals surface area contributed by atoms with E-state index in [2.05, 4.69) is 54.4 Å². The van der Waals surface area contributed by atoms with Crippen molar-refractivity contribution in [2.75, 3.05) is 18.5 Å². The molecule has 2 aromatic carbocycles. The van der Waals surface area contributed by atoms with Crippen molar-refractivity contribution in [2.24, 2.45) is 0 Å². The van der Waals surface area contributed by atoms with E-state index in [4.69, 9.17) is 11.6 Å². The van der Waals surface area contributed by atoms with Gasteiger partial charge in [0.15, 0.2) is 0 Å². The lowest BCUT2D eigenvalue weighted by Gasteiger charge is -2.47. The largest absolute Gasteiger partial charge is 0.372 e. The number of benzene rings is 2. The minimum Gasteiger partial charge on any atom is -0.372 e. The summed E-state index contributed by atoms with van der Waals surface area (Å²) in [7, 11) is 0. The molecule has 0 aliphatic carbocycles. The van der Waals surface area contributed by atoms with Crippen molar-refractivity contribution >= 4 is 17.3 Å². The molecular formula is C20H25ClN2. The van der Waals surface area contributed by atoms with Gasteiger partial charge in [0.25, 0.3) is 0 Å². The summed E-state index contributed by atoms with van der Waals surface area (Å²) in [5, 5.41) is 4.30. The van der Waals surface area contributed by atoms with Gasteiger partial charge < -0.3 is 5.32 Å². The second kappa shape index (κ2) is 6.94. The Hall–Kier alpha value is -1.51. The first-order chi connectivity index (χ1) is 11.1. The van der Waals surface area contributed by atoms with Gasteiger partial charge in [-0.3, -0.25) is 4.90 Å². The number of likely N-dealkylation sites (tertiary alicyclic amines) is 1. The summed E-state index contributed by atoms with van der Waals surface area (Å²) in [6, 6.07) is 19.4. The third-order valence-electron chi connectivity index (χ3n) is 5.37. The van der Waals surface area contributed by atoms with Crippen LogP contribution in [-0.4, -0.2) is 24.2 Å². The van der Waals surface area contributed by atoms with Gasteiger partial charge in [-0.05, 0) is 49.6 Å². The summed E-state index contributed by atoms with van der Waals surface area (Å²) in [4.78, 5) is 2.55. The molecule has 122 valence electrons. The van der Waals surface area contributed by atoms with Crippen LogP contribution in [0.1, 0.15) is 32.3 Å². The molecule has 1 N–H and O–H groups in total. The molecule has 23 heavy (non-hydrogen) atoms. The van der Waals surface area contributed by atoms with Gasteiger partial charge in [-0.2, -0.15) is 0 Å². The van der Waals surface area contributed by atoms with Crippen LogP contribution < -0.4 is 5.32 Å². The molecule has 1 fully saturated rings. The summed E-state index contributed by atoms with van der Waals surface area (Å²) >= 11 is 5.95. The Balaban J connectivity index is 1.70. The fraction of sp³-hybridized carbons (Fsp3) is 0.400. The average Bonchev–Trinajstić information content (AvgIpc) is 2.58. The lowest BCUT2D eigenvalue weighted by Crippen LogP contribution is -2.53. The molecule has 0 amide bonds. The Morgan fingerprint density at radius 1 is 1.13 bits per heavy atom. The Bertz CT molecular complexity index is 626. The average molecular weight is 329 g/mol. The first-order valence-electron chi connectivity index (χ1n) is 8.38. The van der Waals surface area contributed by atoms with E-state index in [0.29, 0.717) is 6.04 Å². The zero-order valence-corrected chi connectivity index (χ0v) is 14.7. The number of hydrogen-bond acceptors (Lipinski definition) is 2. The molecule has 2 atom stereocenters. The third kappa shape index (κ3) is 3.54. The predicted molar refractivity (Wildman–Crippen MR) is 99.1 cm³/mol. The van der Waals surface area contributed by atoms with E-state index >= 15 is 0 Å². The van der Waals surface area contributed by atoms with Crippen molar-refractivity contribution in [3.05, 3.63) is 65.2 Å². The van der Waals surface area contributed by atoms with Crippen LogP contribution in [0.4, 0.5) is 5.69 Å². The summed E-state index contributed by atoms with van der Waals surface area (Å²) in [5.41, 5.74) is 2.78. The van der Waals surface area contributed by atoms with Crippen molar-refractivity contribution in [2.45, 2.75) is 38.1 Å². The third-order valence-corrected chi connectivity index (χ3v) is 5.63. The molecule has 0 radical (unpaired) electrons. The van der Waals surface area contributed by atoms with Gasteiger partial charge >= 0.3 is 0 Å². The lowest BCUT2D eigenvalue weighted by molar-refractivity contribution is 0.0950. The standard InChI is InChI=1S/C20H25ClN2/c1-16-20(2,17-7-4-3-5-8-17)13-6-14-23(16)15-22-19-11-9-18(21)10-12-19/h3-5,7-12,16,22H,6,13-15H2,1-2H3. The van der Waals surface area contributed by atoms with Crippen molar-refractivity contribution in [1.29, 1.82) is 0 Å². The van der Waals surface area contributed by atoms with Gasteiger partial charge in [0, 0.05) is 28.7 Å². The van der Waals surface area contributed by atoms with Gasteiger partial charge in [-0.25, -0.2) is 0 Å². The number of piperidine rings is 1. The Morgan fingerprint density at radius 3 is 2.52 bits per heavy atom. The van der Waals surface area contributed by atoms with E-state index in [0.717, 1.165) is 23.9 Å². The molecule has 2 unspecified atom stereocenters. The molecule has 0 spiro atoms. The number of hydrogen-bond donors (Lipinski definition) is 1.